The van der Waals surface area contributed by atoms with Gasteiger partial charge < -0.3 is 9.80 Å². The molecule has 2 nitrogen and oxygen atoms in total. The Bertz CT molecular complexity index is 1180. The molecule has 176 valence electrons. The van der Waals surface area contributed by atoms with Crippen LogP contribution in [-0.4, -0.2) is 12.1 Å². The first-order chi connectivity index (χ1) is 16.5. The largest absolute Gasteiger partial charge is 0.342 e. The summed E-state index contributed by atoms with van der Waals surface area (Å²) in [6.07, 6.45) is 3.75. The molecule has 0 radical (unpaired) electrons. The first-order valence-electron chi connectivity index (χ1n) is 11.7. The number of fused-ring (bicyclic) bond motifs is 7. The van der Waals surface area contributed by atoms with E-state index in [1.807, 2.05) is 58.3 Å². The van der Waals surface area contributed by atoms with Gasteiger partial charge in [-0.3, -0.25) is 0 Å². The standard InChI is InChI=1S/C27H23F5N2/c28-22-21(23(29)25(31)26(32)24(22)30)27-33-17-11-3-1-7-15(17)9-5-13-19(33)20-14-6-10-16-8-2-4-12-18(16)34(20)27/h1-4,7-8,11-12,19-20,27H,5-6,9-10,13-14H2/t19-,20-/m0/s1. The Kier molecular flexibility index (Phi) is 5.04. The van der Waals surface area contributed by atoms with Crippen LogP contribution in [0.1, 0.15) is 48.5 Å². The lowest BCUT2D eigenvalue weighted by Crippen LogP contribution is -2.36. The van der Waals surface area contributed by atoms with Crippen LogP contribution in [0.2, 0.25) is 0 Å². The van der Waals surface area contributed by atoms with Gasteiger partial charge in [-0.2, -0.15) is 0 Å². The van der Waals surface area contributed by atoms with Crippen LogP contribution in [0.25, 0.3) is 0 Å². The fourth-order valence-corrected chi connectivity index (χ4v) is 6.23. The molecular weight excluding hydrogens is 447 g/mol. The lowest BCUT2D eigenvalue weighted by atomic mass is 9.98. The molecule has 3 heterocycles. The molecule has 3 aromatic rings. The molecule has 7 heteroatoms. The topological polar surface area (TPSA) is 6.48 Å². The van der Waals surface area contributed by atoms with Gasteiger partial charge in [0.15, 0.2) is 23.3 Å². The molecule has 1 saturated heterocycles. The van der Waals surface area contributed by atoms with E-state index in [4.69, 9.17) is 0 Å². The molecule has 3 aromatic carbocycles. The molecule has 0 amide bonds. The van der Waals surface area contributed by atoms with E-state index in [1.165, 1.54) is 0 Å². The van der Waals surface area contributed by atoms with Gasteiger partial charge in [-0.1, -0.05) is 36.4 Å². The second-order valence-electron chi connectivity index (χ2n) is 9.35. The lowest BCUT2D eigenvalue weighted by molar-refractivity contribution is 0.363. The third-order valence-electron chi connectivity index (χ3n) is 7.62. The van der Waals surface area contributed by atoms with Gasteiger partial charge in [0, 0.05) is 11.4 Å². The highest BCUT2D eigenvalue weighted by Crippen LogP contribution is 2.51. The molecule has 2 atom stereocenters. The minimum Gasteiger partial charge on any atom is -0.342 e. The smallest absolute Gasteiger partial charge is 0.200 e. The average Bonchev–Trinajstić information content (AvgIpc) is 2.98. The van der Waals surface area contributed by atoms with Crippen molar-refractivity contribution < 1.29 is 22.0 Å². The third kappa shape index (κ3) is 2.98. The van der Waals surface area contributed by atoms with Gasteiger partial charge >= 0.3 is 0 Å². The summed E-state index contributed by atoms with van der Waals surface area (Å²) in [4.78, 5) is 3.85. The van der Waals surface area contributed by atoms with E-state index in [-0.39, 0.29) is 12.1 Å². The maximum atomic E-state index is 15.4. The van der Waals surface area contributed by atoms with Gasteiger partial charge in [-0.25, -0.2) is 22.0 Å². The van der Waals surface area contributed by atoms with Crippen molar-refractivity contribution in [3.05, 3.63) is 94.3 Å². The minimum absolute atomic E-state index is 0.116. The molecule has 0 spiro atoms. The second kappa shape index (κ2) is 8.00. The molecule has 0 aliphatic carbocycles. The van der Waals surface area contributed by atoms with Crippen LogP contribution in [0.15, 0.2) is 48.5 Å². The van der Waals surface area contributed by atoms with Crippen LogP contribution in [0.5, 0.6) is 0 Å². The Hall–Kier alpha value is -3.09. The number of para-hydroxylation sites is 2. The molecule has 0 bridgehead atoms. The van der Waals surface area contributed by atoms with Gasteiger partial charge in [0.2, 0.25) is 5.82 Å². The number of benzene rings is 3. The Labute approximate surface area is 194 Å². The van der Waals surface area contributed by atoms with E-state index in [1.54, 1.807) is 0 Å². The zero-order valence-electron chi connectivity index (χ0n) is 18.4. The second-order valence-corrected chi connectivity index (χ2v) is 9.35. The fraction of sp³-hybridized carbons (Fsp3) is 0.333. The number of rotatable bonds is 1. The average molecular weight is 470 g/mol. The lowest BCUT2D eigenvalue weighted by Gasteiger charge is -2.36. The molecule has 1 fully saturated rings. The van der Waals surface area contributed by atoms with Crippen LogP contribution in [-0.2, 0) is 12.8 Å². The number of nitrogens with zero attached hydrogens (tertiary/aromatic N) is 2. The van der Waals surface area contributed by atoms with E-state index < -0.39 is 40.8 Å². The molecule has 6 rings (SSSR count). The van der Waals surface area contributed by atoms with Crippen molar-refractivity contribution in [2.24, 2.45) is 0 Å². The summed E-state index contributed by atoms with van der Waals surface area (Å²) in [5.41, 5.74) is 2.85. The van der Waals surface area contributed by atoms with Crippen LogP contribution in [0.3, 0.4) is 0 Å². The number of hydrogen-bond acceptors (Lipinski definition) is 2. The SMILES string of the molecule is Fc1c(F)c(F)c(C2N3c4ccccc4CCC[C@H]3[C@@H]3CCCc4ccccc4N23)c(F)c1F. The van der Waals surface area contributed by atoms with Crippen LogP contribution < -0.4 is 9.80 Å². The first-order valence-corrected chi connectivity index (χ1v) is 11.7. The van der Waals surface area contributed by atoms with E-state index in [9.17, 15) is 13.2 Å². The monoisotopic (exact) mass is 470 g/mol. The van der Waals surface area contributed by atoms with Crippen molar-refractivity contribution in [1.29, 1.82) is 0 Å². The summed E-state index contributed by atoms with van der Waals surface area (Å²) in [7, 11) is 0. The van der Waals surface area contributed by atoms with Gasteiger partial charge in [0.05, 0.1) is 17.6 Å². The van der Waals surface area contributed by atoms with Crippen LogP contribution in [0, 0.1) is 29.1 Å². The number of anilines is 2. The summed E-state index contributed by atoms with van der Waals surface area (Å²) in [6.45, 7) is 0. The molecule has 0 unspecified atom stereocenters. The maximum absolute atomic E-state index is 15.4. The zero-order valence-corrected chi connectivity index (χ0v) is 18.4. The number of hydrogen-bond donors (Lipinski definition) is 0. The van der Waals surface area contributed by atoms with Gasteiger partial charge in [-0.05, 0) is 61.8 Å². The minimum atomic E-state index is -2.13. The van der Waals surface area contributed by atoms with Crippen molar-refractivity contribution in [3.8, 4) is 0 Å². The number of halogens is 5. The van der Waals surface area contributed by atoms with Gasteiger partial charge in [0.25, 0.3) is 0 Å². The van der Waals surface area contributed by atoms with Crippen LogP contribution in [0.4, 0.5) is 33.3 Å². The summed E-state index contributed by atoms with van der Waals surface area (Å²) < 4.78 is 73.6. The highest BCUT2D eigenvalue weighted by Gasteiger charge is 2.52. The quantitative estimate of drug-likeness (QED) is 0.219. The Morgan fingerprint density at radius 1 is 0.559 bits per heavy atom. The summed E-state index contributed by atoms with van der Waals surface area (Å²) >= 11 is 0. The number of aryl methyl sites for hydroxylation is 2. The van der Waals surface area contributed by atoms with Gasteiger partial charge in [-0.15, -0.1) is 0 Å². The molecule has 3 aliphatic heterocycles. The van der Waals surface area contributed by atoms with Crippen molar-refractivity contribution in [2.75, 3.05) is 9.80 Å². The van der Waals surface area contributed by atoms with E-state index in [0.29, 0.717) is 0 Å². The summed E-state index contributed by atoms with van der Waals surface area (Å²) in [5, 5.41) is 0. The Morgan fingerprint density at radius 3 is 1.44 bits per heavy atom. The predicted molar refractivity (Wildman–Crippen MR) is 120 cm³/mol. The highest BCUT2D eigenvalue weighted by molar-refractivity contribution is 5.67. The fourth-order valence-electron chi connectivity index (χ4n) is 6.23. The molecule has 0 N–H and O–H groups in total. The van der Waals surface area contributed by atoms with Crippen molar-refractivity contribution in [3.63, 3.8) is 0 Å². The molecule has 34 heavy (non-hydrogen) atoms. The van der Waals surface area contributed by atoms with Gasteiger partial charge in [0.1, 0.15) is 6.17 Å². The summed E-state index contributed by atoms with van der Waals surface area (Å²) in [6, 6.07) is 15.0. The third-order valence-corrected chi connectivity index (χ3v) is 7.62. The van der Waals surface area contributed by atoms with Crippen molar-refractivity contribution in [2.45, 2.75) is 56.8 Å². The predicted octanol–water partition coefficient (Wildman–Crippen LogP) is 6.82. The molecular formula is C27H23F5N2. The van der Waals surface area contributed by atoms with E-state index in [0.717, 1.165) is 61.0 Å². The summed E-state index contributed by atoms with van der Waals surface area (Å²) in [5.74, 6) is -9.45. The first kappa shape index (κ1) is 21.4. The Balaban J connectivity index is 1.67. The highest BCUT2D eigenvalue weighted by atomic mass is 19.2. The van der Waals surface area contributed by atoms with E-state index in [2.05, 4.69) is 0 Å². The molecule has 0 saturated carbocycles. The van der Waals surface area contributed by atoms with Crippen molar-refractivity contribution >= 4 is 11.4 Å². The zero-order chi connectivity index (χ0) is 23.6. The normalized spacial score (nSPS) is 21.9. The van der Waals surface area contributed by atoms with E-state index >= 15 is 8.78 Å². The van der Waals surface area contributed by atoms with Crippen molar-refractivity contribution in [1.82, 2.24) is 0 Å². The Morgan fingerprint density at radius 2 is 0.971 bits per heavy atom. The maximum Gasteiger partial charge on any atom is 0.200 e. The molecule has 0 aromatic heterocycles. The van der Waals surface area contributed by atoms with Crippen LogP contribution >= 0.6 is 0 Å². The molecule has 3 aliphatic rings.